The van der Waals surface area contributed by atoms with Crippen molar-refractivity contribution in [1.82, 2.24) is 15.5 Å². The molecule has 0 saturated carbocycles. The van der Waals surface area contributed by atoms with Crippen molar-refractivity contribution >= 4 is 5.96 Å². The number of furan rings is 1. The van der Waals surface area contributed by atoms with Gasteiger partial charge in [0.15, 0.2) is 5.96 Å². The Morgan fingerprint density at radius 2 is 2.00 bits per heavy atom. The molecule has 0 spiro atoms. The number of aliphatic imine (C=N–C) groups is 1. The Hall–Kier alpha value is -1.57. The number of hydrogen-bond acceptors (Lipinski definition) is 5. The standard InChI is InChI=1S/C22H38N4O3/c1-2-16-28-20(6-1)7-3-10-23-22(25-12-9-21-8-4-17-29-21)24-11-5-13-26-14-18-27-19-15-26/h4,8,17,20H,1-3,5-7,9-16,18-19H2,(H2,23,24,25). The molecule has 0 aliphatic carbocycles. The van der Waals surface area contributed by atoms with Crippen LogP contribution in [0.5, 0.6) is 0 Å². The molecule has 3 rings (SSSR count). The molecule has 7 heteroatoms. The molecule has 0 aromatic carbocycles. The first-order valence-electron chi connectivity index (χ1n) is 11.4. The van der Waals surface area contributed by atoms with E-state index in [0.29, 0.717) is 6.10 Å². The summed E-state index contributed by atoms with van der Waals surface area (Å²) in [6, 6.07) is 3.94. The predicted molar refractivity (Wildman–Crippen MR) is 115 cm³/mol. The van der Waals surface area contributed by atoms with Gasteiger partial charge in [-0.3, -0.25) is 9.89 Å². The fourth-order valence-electron chi connectivity index (χ4n) is 3.81. The minimum Gasteiger partial charge on any atom is -0.469 e. The van der Waals surface area contributed by atoms with Crippen molar-refractivity contribution in [3.8, 4) is 0 Å². The second kappa shape index (κ2) is 13.6. The fraction of sp³-hybridized carbons (Fsp3) is 0.773. The number of rotatable bonds is 11. The van der Waals surface area contributed by atoms with Gasteiger partial charge in [-0.05, 0) is 50.7 Å². The molecule has 2 aliphatic heterocycles. The zero-order valence-corrected chi connectivity index (χ0v) is 17.7. The molecule has 1 atom stereocenters. The average Bonchev–Trinajstić information content (AvgIpc) is 3.29. The molecule has 0 radical (unpaired) electrons. The Morgan fingerprint density at radius 1 is 1.10 bits per heavy atom. The first-order valence-corrected chi connectivity index (χ1v) is 11.4. The Bertz CT molecular complexity index is 552. The van der Waals surface area contributed by atoms with E-state index in [1.807, 2.05) is 12.1 Å². The number of morpholine rings is 1. The lowest BCUT2D eigenvalue weighted by atomic mass is 10.0. The van der Waals surface area contributed by atoms with E-state index in [-0.39, 0.29) is 0 Å². The number of hydrogen-bond donors (Lipinski definition) is 2. The molecule has 29 heavy (non-hydrogen) atoms. The molecule has 0 bridgehead atoms. The monoisotopic (exact) mass is 406 g/mol. The van der Waals surface area contributed by atoms with E-state index in [9.17, 15) is 0 Å². The van der Waals surface area contributed by atoms with E-state index < -0.39 is 0 Å². The highest BCUT2D eigenvalue weighted by Gasteiger charge is 2.13. The highest BCUT2D eigenvalue weighted by molar-refractivity contribution is 5.79. The molecule has 2 saturated heterocycles. The lowest BCUT2D eigenvalue weighted by molar-refractivity contribution is 0.0104. The molecule has 1 aromatic heterocycles. The lowest BCUT2D eigenvalue weighted by Gasteiger charge is -2.26. The SMILES string of the molecule is c1coc(CCNC(=NCCCN2CCOCC2)NCCCC2CCCCO2)c1. The Balaban J connectivity index is 1.35. The van der Waals surface area contributed by atoms with Crippen molar-refractivity contribution in [2.24, 2.45) is 4.99 Å². The predicted octanol–water partition coefficient (Wildman–Crippen LogP) is 2.43. The van der Waals surface area contributed by atoms with Crippen molar-refractivity contribution in [3.63, 3.8) is 0 Å². The van der Waals surface area contributed by atoms with E-state index in [2.05, 4.69) is 15.5 Å². The summed E-state index contributed by atoms with van der Waals surface area (Å²) in [4.78, 5) is 7.24. The highest BCUT2D eigenvalue weighted by atomic mass is 16.5. The van der Waals surface area contributed by atoms with Gasteiger partial charge in [0.1, 0.15) is 5.76 Å². The molecule has 0 amide bonds. The number of ether oxygens (including phenoxy) is 2. The summed E-state index contributed by atoms with van der Waals surface area (Å²) in [5.41, 5.74) is 0. The van der Waals surface area contributed by atoms with E-state index in [0.717, 1.165) is 96.5 Å². The lowest BCUT2D eigenvalue weighted by Crippen LogP contribution is -2.39. The quantitative estimate of drug-likeness (QED) is 0.334. The zero-order chi connectivity index (χ0) is 20.0. The molecule has 1 aromatic rings. The zero-order valence-electron chi connectivity index (χ0n) is 17.7. The van der Waals surface area contributed by atoms with Crippen LogP contribution in [-0.2, 0) is 15.9 Å². The van der Waals surface area contributed by atoms with Crippen LogP contribution in [0.2, 0.25) is 0 Å². The van der Waals surface area contributed by atoms with Crippen LogP contribution in [0.3, 0.4) is 0 Å². The third-order valence-corrected chi connectivity index (χ3v) is 5.52. The van der Waals surface area contributed by atoms with E-state index in [1.165, 1.54) is 19.3 Å². The summed E-state index contributed by atoms with van der Waals surface area (Å²) < 4.78 is 16.7. The highest BCUT2D eigenvalue weighted by Crippen LogP contribution is 2.16. The Labute approximate surface area is 175 Å². The summed E-state index contributed by atoms with van der Waals surface area (Å²) in [7, 11) is 0. The van der Waals surface area contributed by atoms with E-state index in [4.69, 9.17) is 18.9 Å². The topological polar surface area (TPSA) is 71.3 Å². The first-order chi connectivity index (χ1) is 14.4. The summed E-state index contributed by atoms with van der Waals surface area (Å²) in [6.07, 6.45) is 10.1. The number of nitrogens with one attached hydrogen (secondary N) is 2. The van der Waals surface area contributed by atoms with Crippen molar-refractivity contribution < 1.29 is 13.9 Å². The molecular weight excluding hydrogens is 368 g/mol. The van der Waals surface area contributed by atoms with Gasteiger partial charge in [0.2, 0.25) is 0 Å². The summed E-state index contributed by atoms with van der Waals surface area (Å²) in [5.74, 6) is 1.90. The van der Waals surface area contributed by atoms with Gasteiger partial charge < -0.3 is 24.5 Å². The minimum atomic E-state index is 0.450. The average molecular weight is 407 g/mol. The van der Waals surface area contributed by atoms with Gasteiger partial charge in [-0.15, -0.1) is 0 Å². The van der Waals surface area contributed by atoms with Crippen LogP contribution < -0.4 is 10.6 Å². The third kappa shape index (κ3) is 9.19. The number of nitrogens with zero attached hydrogens (tertiary/aromatic N) is 2. The molecule has 2 N–H and O–H groups in total. The van der Waals surface area contributed by atoms with Crippen LogP contribution in [0.1, 0.15) is 44.3 Å². The normalized spacial score (nSPS) is 21.2. The van der Waals surface area contributed by atoms with Gasteiger partial charge >= 0.3 is 0 Å². The van der Waals surface area contributed by atoms with E-state index >= 15 is 0 Å². The van der Waals surface area contributed by atoms with Gasteiger partial charge in [-0.1, -0.05) is 0 Å². The van der Waals surface area contributed by atoms with Gasteiger partial charge in [-0.25, -0.2) is 0 Å². The second-order valence-corrected chi connectivity index (χ2v) is 7.85. The number of guanidine groups is 1. The van der Waals surface area contributed by atoms with Gasteiger partial charge in [0.05, 0.1) is 25.6 Å². The second-order valence-electron chi connectivity index (χ2n) is 7.85. The van der Waals surface area contributed by atoms with Gasteiger partial charge in [0, 0.05) is 52.3 Å². The molecular formula is C22H38N4O3. The largest absolute Gasteiger partial charge is 0.469 e. The molecule has 7 nitrogen and oxygen atoms in total. The molecule has 2 aliphatic rings. The smallest absolute Gasteiger partial charge is 0.191 e. The fourth-order valence-corrected chi connectivity index (χ4v) is 3.81. The van der Waals surface area contributed by atoms with Gasteiger partial charge in [0.25, 0.3) is 0 Å². The maximum Gasteiger partial charge on any atom is 0.191 e. The Kier molecular flexibility index (Phi) is 10.4. The van der Waals surface area contributed by atoms with Crippen LogP contribution in [0.15, 0.2) is 27.8 Å². The van der Waals surface area contributed by atoms with Crippen molar-refractivity contribution in [2.45, 2.75) is 51.0 Å². The minimum absolute atomic E-state index is 0.450. The Morgan fingerprint density at radius 3 is 2.79 bits per heavy atom. The summed E-state index contributed by atoms with van der Waals surface area (Å²) >= 11 is 0. The van der Waals surface area contributed by atoms with E-state index in [1.54, 1.807) is 6.26 Å². The first kappa shape index (κ1) is 22.1. The van der Waals surface area contributed by atoms with Crippen LogP contribution in [0.4, 0.5) is 0 Å². The van der Waals surface area contributed by atoms with Gasteiger partial charge in [-0.2, -0.15) is 0 Å². The maximum atomic E-state index is 5.83. The third-order valence-electron chi connectivity index (χ3n) is 5.52. The van der Waals surface area contributed by atoms with Crippen LogP contribution in [0, 0.1) is 0 Å². The maximum absolute atomic E-state index is 5.83. The van der Waals surface area contributed by atoms with Crippen molar-refractivity contribution in [2.75, 3.05) is 59.1 Å². The van der Waals surface area contributed by atoms with Crippen LogP contribution in [0.25, 0.3) is 0 Å². The van der Waals surface area contributed by atoms with Crippen LogP contribution >= 0.6 is 0 Å². The molecule has 3 heterocycles. The van der Waals surface area contributed by atoms with Crippen molar-refractivity contribution in [1.29, 1.82) is 0 Å². The molecule has 1 unspecified atom stereocenters. The van der Waals surface area contributed by atoms with Crippen LogP contribution in [-0.4, -0.2) is 76.1 Å². The molecule has 2 fully saturated rings. The van der Waals surface area contributed by atoms with Crippen molar-refractivity contribution in [3.05, 3.63) is 24.2 Å². The summed E-state index contributed by atoms with van der Waals surface area (Å²) in [5, 5.41) is 6.95. The molecule has 164 valence electrons. The summed E-state index contributed by atoms with van der Waals surface area (Å²) in [6.45, 7) is 8.39.